The van der Waals surface area contributed by atoms with Gasteiger partial charge in [0.1, 0.15) is 0 Å². The molecule has 19 heavy (non-hydrogen) atoms. The summed E-state index contributed by atoms with van der Waals surface area (Å²) in [6.45, 7) is 1.46. The van der Waals surface area contributed by atoms with Gasteiger partial charge in [-0.05, 0) is 31.0 Å². The molecule has 5 nitrogen and oxygen atoms in total. The van der Waals surface area contributed by atoms with Crippen LogP contribution in [0.15, 0.2) is 24.5 Å². The van der Waals surface area contributed by atoms with Crippen LogP contribution in [0.3, 0.4) is 0 Å². The minimum Gasteiger partial charge on any atom is -0.313 e. The average molecular weight is 306 g/mol. The molecule has 2 N–H and O–H groups in total. The molecule has 0 amide bonds. The van der Waals surface area contributed by atoms with Crippen LogP contribution in [0, 0.1) is 0 Å². The van der Waals surface area contributed by atoms with E-state index in [0.717, 1.165) is 13.0 Å². The highest BCUT2D eigenvalue weighted by Crippen LogP contribution is 2.07. The number of hydrogen-bond acceptors (Lipinski definition) is 4. The van der Waals surface area contributed by atoms with Gasteiger partial charge in [-0.15, -0.1) is 12.4 Å². The van der Waals surface area contributed by atoms with Crippen molar-refractivity contribution in [1.82, 2.24) is 15.0 Å². The number of sulfonamides is 1. The van der Waals surface area contributed by atoms with E-state index >= 15 is 0 Å². The lowest BCUT2D eigenvalue weighted by Crippen LogP contribution is -2.43. The van der Waals surface area contributed by atoms with E-state index in [2.05, 4.69) is 15.0 Å². The van der Waals surface area contributed by atoms with Gasteiger partial charge >= 0.3 is 0 Å². The minimum atomic E-state index is -3.26. The van der Waals surface area contributed by atoms with Gasteiger partial charge in [-0.25, -0.2) is 13.1 Å². The summed E-state index contributed by atoms with van der Waals surface area (Å²) in [7, 11) is -3.26. The third-order valence-electron chi connectivity index (χ3n) is 3.04. The van der Waals surface area contributed by atoms with Crippen LogP contribution in [0.4, 0.5) is 0 Å². The molecule has 1 saturated heterocycles. The van der Waals surface area contributed by atoms with Crippen molar-refractivity contribution in [2.75, 3.05) is 13.1 Å². The molecule has 1 unspecified atom stereocenters. The number of nitrogens with zero attached hydrogens (tertiary/aromatic N) is 1. The predicted molar refractivity (Wildman–Crippen MR) is 77.8 cm³/mol. The van der Waals surface area contributed by atoms with Gasteiger partial charge in [-0.1, -0.05) is 12.5 Å². The lowest BCUT2D eigenvalue weighted by Gasteiger charge is -2.23. The van der Waals surface area contributed by atoms with Crippen molar-refractivity contribution >= 4 is 22.4 Å². The van der Waals surface area contributed by atoms with E-state index in [4.69, 9.17) is 0 Å². The second-order valence-electron chi connectivity index (χ2n) is 4.62. The molecule has 1 atom stereocenters. The highest BCUT2D eigenvalue weighted by Gasteiger charge is 2.16. The van der Waals surface area contributed by atoms with Crippen molar-refractivity contribution in [2.24, 2.45) is 0 Å². The van der Waals surface area contributed by atoms with E-state index in [1.807, 2.05) is 0 Å². The van der Waals surface area contributed by atoms with Gasteiger partial charge in [0.2, 0.25) is 10.0 Å². The maximum absolute atomic E-state index is 11.9. The van der Waals surface area contributed by atoms with Gasteiger partial charge in [0.05, 0.1) is 5.75 Å². The molecule has 0 spiro atoms. The summed E-state index contributed by atoms with van der Waals surface area (Å²) < 4.78 is 26.4. The fourth-order valence-corrected chi connectivity index (χ4v) is 3.25. The molecule has 0 aromatic carbocycles. The third-order valence-corrected chi connectivity index (χ3v) is 4.36. The summed E-state index contributed by atoms with van der Waals surface area (Å²) in [5.74, 6) is -0.00639. The molecule has 0 bridgehead atoms. The quantitative estimate of drug-likeness (QED) is 0.853. The summed E-state index contributed by atoms with van der Waals surface area (Å²) in [5, 5.41) is 3.32. The molecular weight excluding hydrogens is 286 g/mol. The largest absolute Gasteiger partial charge is 0.313 e. The average Bonchev–Trinajstić information content (AvgIpc) is 2.38. The van der Waals surface area contributed by atoms with Gasteiger partial charge in [0, 0.05) is 25.0 Å². The van der Waals surface area contributed by atoms with Crippen LogP contribution in [0.1, 0.15) is 24.8 Å². The Hall–Kier alpha value is -0.690. The molecule has 1 aromatic rings. The highest BCUT2D eigenvalue weighted by molar-refractivity contribution is 7.88. The van der Waals surface area contributed by atoms with Gasteiger partial charge in [-0.3, -0.25) is 4.98 Å². The summed E-state index contributed by atoms with van der Waals surface area (Å²) >= 11 is 0. The maximum Gasteiger partial charge on any atom is 0.215 e. The van der Waals surface area contributed by atoms with E-state index in [0.29, 0.717) is 12.1 Å². The van der Waals surface area contributed by atoms with Crippen molar-refractivity contribution < 1.29 is 8.42 Å². The van der Waals surface area contributed by atoms with E-state index in [9.17, 15) is 8.42 Å². The Balaban J connectivity index is 0.00000180. The Morgan fingerprint density at radius 1 is 1.42 bits per heavy atom. The first-order chi connectivity index (χ1) is 8.66. The molecule has 0 aliphatic carbocycles. The number of rotatable bonds is 5. The van der Waals surface area contributed by atoms with Gasteiger partial charge in [0.15, 0.2) is 0 Å². The number of halogens is 1. The maximum atomic E-state index is 11.9. The lowest BCUT2D eigenvalue weighted by molar-refractivity contribution is 0.398. The smallest absolute Gasteiger partial charge is 0.215 e. The Labute approximate surface area is 120 Å². The molecule has 0 radical (unpaired) electrons. The Morgan fingerprint density at radius 3 is 2.89 bits per heavy atom. The summed E-state index contributed by atoms with van der Waals surface area (Å²) in [6.07, 6.45) is 6.60. The monoisotopic (exact) mass is 305 g/mol. The number of nitrogens with one attached hydrogen (secondary N) is 2. The molecule has 2 rings (SSSR count). The molecule has 1 fully saturated rings. The van der Waals surface area contributed by atoms with E-state index in [1.54, 1.807) is 24.5 Å². The van der Waals surface area contributed by atoms with E-state index in [1.165, 1.54) is 12.8 Å². The second-order valence-corrected chi connectivity index (χ2v) is 6.42. The number of aromatic nitrogens is 1. The van der Waals surface area contributed by atoms with Crippen LogP contribution in [-0.4, -0.2) is 32.5 Å². The van der Waals surface area contributed by atoms with Crippen molar-refractivity contribution in [3.05, 3.63) is 30.1 Å². The highest BCUT2D eigenvalue weighted by atomic mass is 35.5. The predicted octanol–water partition coefficient (Wildman–Crippen LogP) is 1.06. The van der Waals surface area contributed by atoms with Crippen molar-refractivity contribution in [1.29, 1.82) is 0 Å². The van der Waals surface area contributed by atoms with E-state index in [-0.39, 0.29) is 24.2 Å². The number of piperidine rings is 1. The normalized spacial score (nSPS) is 19.7. The summed E-state index contributed by atoms with van der Waals surface area (Å²) in [5.41, 5.74) is 0.710. The molecule has 7 heteroatoms. The van der Waals surface area contributed by atoms with Crippen LogP contribution in [0.2, 0.25) is 0 Å². The number of hydrogen-bond donors (Lipinski definition) is 2. The van der Waals surface area contributed by atoms with Crippen LogP contribution >= 0.6 is 12.4 Å². The third kappa shape index (κ3) is 5.86. The summed E-state index contributed by atoms with van der Waals surface area (Å²) in [4.78, 5) is 3.91. The second kappa shape index (κ2) is 7.79. The first-order valence-corrected chi connectivity index (χ1v) is 7.90. The zero-order chi connectivity index (χ0) is 12.8. The Bertz CT molecular complexity index is 461. The first-order valence-electron chi connectivity index (χ1n) is 6.25. The van der Waals surface area contributed by atoms with Crippen LogP contribution in [0.25, 0.3) is 0 Å². The first kappa shape index (κ1) is 16.4. The minimum absolute atomic E-state index is 0. The standard InChI is InChI=1S/C12H19N3O2S.ClH/c16-18(17,10-11-4-3-6-13-8-11)15-9-12-5-1-2-7-14-12;/h3-4,6,8,12,14-15H,1-2,5,7,9-10H2;1H. The molecule has 1 aromatic heterocycles. The zero-order valence-electron chi connectivity index (χ0n) is 10.7. The van der Waals surface area contributed by atoms with Crippen LogP contribution in [-0.2, 0) is 15.8 Å². The number of pyridine rings is 1. The fourth-order valence-electron chi connectivity index (χ4n) is 2.08. The van der Waals surface area contributed by atoms with Crippen molar-refractivity contribution in [3.63, 3.8) is 0 Å². The molecule has 0 saturated carbocycles. The van der Waals surface area contributed by atoms with Gasteiger partial charge < -0.3 is 5.32 Å². The molecular formula is C12H20ClN3O2S. The molecule has 1 aliphatic heterocycles. The Kier molecular flexibility index (Phi) is 6.71. The zero-order valence-corrected chi connectivity index (χ0v) is 12.3. The lowest BCUT2D eigenvalue weighted by atomic mass is 10.1. The van der Waals surface area contributed by atoms with Crippen LogP contribution < -0.4 is 10.0 Å². The molecule has 108 valence electrons. The Morgan fingerprint density at radius 2 is 2.26 bits per heavy atom. The molecule has 1 aliphatic rings. The van der Waals surface area contributed by atoms with Crippen molar-refractivity contribution in [2.45, 2.75) is 31.1 Å². The van der Waals surface area contributed by atoms with Crippen molar-refractivity contribution in [3.8, 4) is 0 Å². The van der Waals surface area contributed by atoms with Gasteiger partial charge in [0.25, 0.3) is 0 Å². The summed E-state index contributed by atoms with van der Waals surface area (Å²) in [6, 6.07) is 3.78. The SMILES string of the molecule is Cl.O=S(=O)(Cc1cccnc1)NCC1CCCCN1. The fraction of sp³-hybridized carbons (Fsp3) is 0.583. The molecule has 2 heterocycles. The topological polar surface area (TPSA) is 71.1 Å². The van der Waals surface area contributed by atoms with Crippen LogP contribution in [0.5, 0.6) is 0 Å². The van der Waals surface area contributed by atoms with E-state index < -0.39 is 10.0 Å². The van der Waals surface area contributed by atoms with Gasteiger partial charge in [-0.2, -0.15) is 0 Å².